The fourth-order valence-electron chi connectivity index (χ4n) is 2.92. The van der Waals surface area contributed by atoms with Crippen molar-refractivity contribution in [3.63, 3.8) is 0 Å². The van der Waals surface area contributed by atoms with Crippen LogP contribution in [0.1, 0.15) is 32.8 Å². The number of rotatable bonds is 9. The van der Waals surface area contributed by atoms with E-state index in [1.54, 1.807) is 28.3 Å². The molecule has 2 rings (SSSR count). The van der Waals surface area contributed by atoms with Crippen molar-refractivity contribution in [2.45, 2.75) is 45.4 Å². The Morgan fingerprint density at radius 3 is 2.29 bits per heavy atom. The van der Waals surface area contributed by atoms with E-state index in [1.165, 1.54) is 14.2 Å². The van der Waals surface area contributed by atoms with Crippen LogP contribution in [-0.2, 0) is 30.3 Å². The molecule has 1 amide bonds. The summed E-state index contributed by atoms with van der Waals surface area (Å²) in [5.41, 5.74) is 0.208. The van der Waals surface area contributed by atoms with Crippen molar-refractivity contribution in [3.8, 4) is 5.75 Å². The van der Waals surface area contributed by atoms with Gasteiger partial charge in [0.1, 0.15) is 18.0 Å². The topological polar surface area (TPSA) is 108 Å². The van der Waals surface area contributed by atoms with Crippen molar-refractivity contribution in [1.29, 1.82) is 0 Å². The van der Waals surface area contributed by atoms with E-state index in [1.807, 2.05) is 20.8 Å². The van der Waals surface area contributed by atoms with Gasteiger partial charge in [0.15, 0.2) is 0 Å². The first-order valence-electron chi connectivity index (χ1n) is 10.0. The van der Waals surface area contributed by atoms with Gasteiger partial charge < -0.3 is 23.8 Å². The smallest absolute Gasteiger partial charge is 0.410 e. The lowest BCUT2D eigenvalue weighted by Gasteiger charge is -2.41. The van der Waals surface area contributed by atoms with Crippen LogP contribution in [0.5, 0.6) is 5.75 Å². The highest BCUT2D eigenvalue weighted by Gasteiger charge is 2.35. The van der Waals surface area contributed by atoms with Gasteiger partial charge in [-0.15, -0.1) is 0 Å². The van der Waals surface area contributed by atoms with Gasteiger partial charge >= 0.3 is 18.0 Å². The molecule has 172 valence electrons. The zero-order valence-corrected chi connectivity index (χ0v) is 18.8. The highest BCUT2D eigenvalue weighted by atomic mass is 16.6. The Morgan fingerprint density at radius 1 is 1.13 bits per heavy atom. The molecule has 0 bridgehead atoms. The van der Waals surface area contributed by atoms with E-state index in [2.05, 4.69) is 14.5 Å². The van der Waals surface area contributed by atoms with E-state index >= 15 is 0 Å². The molecule has 0 saturated carbocycles. The Bertz CT molecular complexity index is 760. The molecule has 10 heteroatoms. The molecule has 1 aliphatic heterocycles. The molecule has 31 heavy (non-hydrogen) atoms. The number of esters is 2. The van der Waals surface area contributed by atoms with Crippen molar-refractivity contribution in [2.75, 3.05) is 40.5 Å². The van der Waals surface area contributed by atoms with Gasteiger partial charge in [-0.05, 0) is 38.8 Å². The van der Waals surface area contributed by atoms with Crippen LogP contribution >= 0.6 is 0 Å². The molecule has 1 aromatic rings. The molecule has 1 atom stereocenters. The summed E-state index contributed by atoms with van der Waals surface area (Å²) in [5, 5.41) is 0. The summed E-state index contributed by atoms with van der Waals surface area (Å²) in [4.78, 5) is 42.9. The third kappa shape index (κ3) is 8.05. The largest absolute Gasteiger partial charge is 0.490 e. The van der Waals surface area contributed by atoms with E-state index in [9.17, 15) is 14.4 Å². The SMILES string of the molecule is COC(=O)CN(CC(=O)OC)Cc1cncc(OC[C@@H]2CCN2C(=O)OC(C)(C)C)c1. The Balaban J connectivity index is 1.94. The first kappa shape index (κ1) is 24.4. The molecule has 0 radical (unpaired) electrons. The van der Waals surface area contributed by atoms with Crippen LogP contribution in [0, 0.1) is 0 Å². The minimum Gasteiger partial charge on any atom is -0.490 e. The first-order chi connectivity index (χ1) is 14.6. The lowest BCUT2D eigenvalue weighted by molar-refractivity contribution is -0.145. The highest BCUT2D eigenvalue weighted by Crippen LogP contribution is 2.23. The number of methoxy groups -OCH3 is 2. The van der Waals surface area contributed by atoms with Crippen LogP contribution in [0.3, 0.4) is 0 Å². The molecule has 2 heterocycles. The normalized spacial score (nSPS) is 15.8. The van der Waals surface area contributed by atoms with E-state index in [4.69, 9.17) is 9.47 Å². The van der Waals surface area contributed by atoms with E-state index in [0.29, 0.717) is 18.9 Å². The molecule has 1 aliphatic rings. The summed E-state index contributed by atoms with van der Waals surface area (Å²) in [6.07, 6.45) is 3.69. The molecule has 0 unspecified atom stereocenters. The second-order valence-corrected chi connectivity index (χ2v) is 8.25. The number of ether oxygens (including phenoxy) is 4. The number of likely N-dealkylation sites (tertiary alicyclic amines) is 1. The maximum absolute atomic E-state index is 12.2. The zero-order chi connectivity index (χ0) is 23.0. The van der Waals surface area contributed by atoms with Crippen molar-refractivity contribution in [1.82, 2.24) is 14.8 Å². The molecule has 0 aromatic carbocycles. The Morgan fingerprint density at radius 2 is 1.77 bits per heavy atom. The summed E-state index contributed by atoms with van der Waals surface area (Å²) in [5.74, 6) is -0.391. The molecule has 1 fully saturated rings. The van der Waals surface area contributed by atoms with Crippen LogP contribution in [0.25, 0.3) is 0 Å². The molecule has 0 spiro atoms. The van der Waals surface area contributed by atoms with E-state index in [0.717, 1.165) is 12.0 Å². The highest BCUT2D eigenvalue weighted by molar-refractivity contribution is 5.74. The second-order valence-electron chi connectivity index (χ2n) is 8.25. The molecular weight excluding hydrogens is 406 g/mol. The van der Waals surface area contributed by atoms with E-state index in [-0.39, 0.29) is 31.8 Å². The molecule has 0 aliphatic carbocycles. The fourth-order valence-corrected chi connectivity index (χ4v) is 2.92. The monoisotopic (exact) mass is 437 g/mol. The lowest BCUT2D eigenvalue weighted by atomic mass is 10.1. The van der Waals surface area contributed by atoms with Gasteiger partial charge in [-0.25, -0.2) is 4.79 Å². The van der Waals surface area contributed by atoms with Gasteiger partial charge in [0.25, 0.3) is 0 Å². The van der Waals surface area contributed by atoms with Gasteiger partial charge in [0.2, 0.25) is 0 Å². The van der Waals surface area contributed by atoms with Gasteiger partial charge in [0.05, 0.1) is 39.5 Å². The molecule has 10 nitrogen and oxygen atoms in total. The van der Waals surface area contributed by atoms with Crippen molar-refractivity contribution < 1.29 is 33.3 Å². The van der Waals surface area contributed by atoms with Crippen molar-refractivity contribution >= 4 is 18.0 Å². The standard InChI is InChI=1S/C21H31N3O7/c1-21(2,3)31-20(27)24-7-6-16(24)14-30-17-8-15(9-22-10-17)11-23(12-18(25)28-4)13-19(26)29-5/h8-10,16H,6-7,11-14H2,1-5H3/t16-/m0/s1. The number of aromatic nitrogens is 1. The fraction of sp³-hybridized carbons (Fsp3) is 0.619. The second kappa shape index (κ2) is 10.9. The van der Waals surface area contributed by atoms with Gasteiger partial charge in [-0.3, -0.25) is 19.5 Å². The van der Waals surface area contributed by atoms with Crippen LogP contribution in [-0.4, -0.2) is 84.9 Å². The Labute approximate surface area is 182 Å². The molecule has 1 saturated heterocycles. The Hall–Kier alpha value is -2.88. The number of hydrogen-bond donors (Lipinski definition) is 0. The number of hydrogen-bond acceptors (Lipinski definition) is 9. The van der Waals surface area contributed by atoms with E-state index < -0.39 is 17.5 Å². The number of nitrogens with zero attached hydrogens (tertiary/aromatic N) is 3. The minimum absolute atomic E-state index is 0.0614. The number of carbonyl (C=O) groups is 3. The molecule has 0 N–H and O–H groups in total. The van der Waals surface area contributed by atoms with Crippen LogP contribution in [0.2, 0.25) is 0 Å². The zero-order valence-electron chi connectivity index (χ0n) is 18.8. The molecule has 1 aromatic heterocycles. The molecular formula is C21H31N3O7. The Kier molecular flexibility index (Phi) is 8.61. The van der Waals surface area contributed by atoms with Gasteiger partial charge in [-0.2, -0.15) is 0 Å². The summed E-state index contributed by atoms with van der Waals surface area (Å²) >= 11 is 0. The van der Waals surface area contributed by atoms with Crippen molar-refractivity contribution in [2.24, 2.45) is 0 Å². The van der Waals surface area contributed by atoms with Crippen LogP contribution in [0.4, 0.5) is 4.79 Å². The van der Waals surface area contributed by atoms with Gasteiger partial charge in [-0.1, -0.05) is 0 Å². The quantitative estimate of drug-likeness (QED) is 0.421. The number of carbonyl (C=O) groups excluding carboxylic acids is 3. The minimum atomic E-state index is -0.545. The predicted molar refractivity (Wildman–Crippen MR) is 110 cm³/mol. The number of pyridine rings is 1. The van der Waals surface area contributed by atoms with Gasteiger partial charge in [0, 0.05) is 19.3 Å². The summed E-state index contributed by atoms with van der Waals surface area (Å²) in [6.45, 7) is 6.59. The summed E-state index contributed by atoms with van der Waals surface area (Å²) < 4.78 is 20.6. The lowest BCUT2D eigenvalue weighted by Crippen LogP contribution is -2.55. The van der Waals surface area contributed by atoms with Crippen LogP contribution < -0.4 is 4.74 Å². The average Bonchev–Trinajstić information content (AvgIpc) is 2.65. The number of amides is 1. The predicted octanol–water partition coefficient (Wildman–Crippen LogP) is 1.62. The average molecular weight is 437 g/mol. The third-order valence-corrected chi connectivity index (χ3v) is 4.55. The summed E-state index contributed by atoms with van der Waals surface area (Å²) in [7, 11) is 2.57. The van der Waals surface area contributed by atoms with Crippen LogP contribution in [0.15, 0.2) is 18.5 Å². The van der Waals surface area contributed by atoms with Crippen molar-refractivity contribution in [3.05, 3.63) is 24.0 Å². The summed E-state index contributed by atoms with van der Waals surface area (Å²) in [6, 6.07) is 1.72. The third-order valence-electron chi connectivity index (χ3n) is 4.55. The maximum atomic E-state index is 12.2. The first-order valence-corrected chi connectivity index (χ1v) is 10.0. The maximum Gasteiger partial charge on any atom is 0.410 e.